The van der Waals surface area contributed by atoms with Crippen molar-refractivity contribution in [3.63, 3.8) is 0 Å². The van der Waals surface area contributed by atoms with Crippen molar-refractivity contribution in [1.29, 1.82) is 0 Å². The van der Waals surface area contributed by atoms with E-state index in [9.17, 15) is 0 Å². The summed E-state index contributed by atoms with van der Waals surface area (Å²) in [6.07, 6.45) is 14.1. The van der Waals surface area contributed by atoms with E-state index in [0.717, 1.165) is 0 Å². The van der Waals surface area contributed by atoms with E-state index in [4.69, 9.17) is 0 Å². The molecule has 0 unspecified atom stereocenters. The molecule has 7 rings (SSSR count). The quantitative estimate of drug-likeness (QED) is 0.545. The Kier molecular flexibility index (Phi) is 1.84. The van der Waals surface area contributed by atoms with Crippen LogP contribution in [-0.4, -0.2) is 0 Å². The van der Waals surface area contributed by atoms with E-state index < -0.39 is 0 Å². The molecule has 4 aliphatic rings. The van der Waals surface area contributed by atoms with Crippen molar-refractivity contribution in [1.82, 2.24) is 0 Å². The largest absolute Gasteiger partial charge is 0.0578 e. The summed E-state index contributed by atoms with van der Waals surface area (Å²) >= 11 is 0. The van der Waals surface area contributed by atoms with E-state index in [1.54, 1.807) is 43.5 Å². The first kappa shape index (κ1) is 11.9. The molecular formula is C24H16. The smallest absolute Gasteiger partial charge is 0.00612 e. The topological polar surface area (TPSA) is 0 Å². The molecule has 0 N–H and O–H groups in total. The van der Waals surface area contributed by atoms with Gasteiger partial charge in [-0.25, -0.2) is 0 Å². The predicted octanol–water partition coefficient (Wildman–Crippen LogP) is 4.24. The van der Waals surface area contributed by atoms with Crippen LogP contribution in [0.2, 0.25) is 0 Å². The summed E-state index contributed by atoms with van der Waals surface area (Å²) in [6, 6.07) is 9.49. The van der Waals surface area contributed by atoms with Gasteiger partial charge in [-0.1, -0.05) is 48.6 Å². The molecular weight excluding hydrogens is 288 g/mol. The number of rotatable bonds is 0. The van der Waals surface area contributed by atoms with E-state index in [2.05, 4.69) is 48.6 Å². The Bertz CT molecular complexity index is 1220. The van der Waals surface area contributed by atoms with Gasteiger partial charge in [-0.15, -0.1) is 0 Å². The fraction of sp³-hybridized carbons (Fsp3) is 0.167. The zero-order chi connectivity index (χ0) is 15.4. The molecule has 0 amide bonds. The van der Waals surface area contributed by atoms with Crippen molar-refractivity contribution in [2.75, 3.05) is 0 Å². The van der Waals surface area contributed by atoms with Crippen molar-refractivity contribution in [2.24, 2.45) is 0 Å². The summed E-state index contributed by atoms with van der Waals surface area (Å²) in [5.74, 6) is 0. The number of allylic oxidation sites excluding steroid dienone is 2. The molecule has 0 fully saturated rings. The highest BCUT2D eigenvalue weighted by Crippen LogP contribution is 2.39. The van der Waals surface area contributed by atoms with Gasteiger partial charge in [0.05, 0.1) is 0 Å². The van der Waals surface area contributed by atoms with E-state index in [-0.39, 0.29) is 0 Å². The molecule has 0 saturated heterocycles. The van der Waals surface area contributed by atoms with E-state index in [1.165, 1.54) is 47.6 Å². The molecule has 4 aliphatic carbocycles. The molecule has 24 heavy (non-hydrogen) atoms. The molecule has 0 heterocycles. The average molecular weight is 304 g/mol. The standard InChI is InChI=1S/C24H16/c1-2-14-6-10-18-20-12-8-16-4-3-15-7-11-19(24(20)22(15)16)17-9-5-13(1)21(14)23(17)18/h1-5,8-9,12H,6-7,10-11H2. The van der Waals surface area contributed by atoms with Crippen LogP contribution in [0.1, 0.15) is 35.1 Å². The van der Waals surface area contributed by atoms with Crippen LogP contribution in [0.5, 0.6) is 0 Å². The first-order chi connectivity index (χ1) is 11.9. The third-order valence-electron chi connectivity index (χ3n) is 6.59. The van der Waals surface area contributed by atoms with Crippen molar-refractivity contribution in [3.05, 3.63) is 69.1 Å². The maximum atomic E-state index is 2.40. The Labute approximate surface area is 140 Å². The second kappa shape index (κ2) is 3.72. The Morgan fingerprint density at radius 2 is 1.00 bits per heavy atom. The lowest BCUT2D eigenvalue weighted by atomic mass is 9.80. The lowest BCUT2D eigenvalue weighted by molar-refractivity contribution is 1.01. The maximum Gasteiger partial charge on any atom is -0.00612 e. The Morgan fingerprint density at radius 3 is 1.50 bits per heavy atom. The van der Waals surface area contributed by atoms with Crippen molar-refractivity contribution >= 4 is 44.8 Å². The number of aryl methyl sites for hydroxylation is 2. The number of hydrogen-bond acceptors (Lipinski definition) is 0. The Hall–Kier alpha value is -2.60. The molecule has 0 aliphatic heterocycles. The van der Waals surface area contributed by atoms with E-state index in [1.807, 2.05) is 0 Å². The first-order valence-electron chi connectivity index (χ1n) is 9.06. The number of benzene rings is 3. The molecule has 0 spiro atoms. The lowest BCUT2D eigenvalue weighted by Gasteiger charge is -2.24. The van der Waals surface area contributed by atoms with Gasteiger partial charge in [-0.2, -0.15) is 0 Å². The molecule has 0 bridgehead atoms. The van der Waals surface area contributed by atoms with Crippen LogP contribution in [0, 0.1) is 0 Å². The summed E-state index contributed by atoms with van der Waals surface area (Å²) in [4.78, 5) is 0. The van der Waals surface area contributed by atoms with E-state index in [0.29, 0.717) is 0 Å². The van der Waals surface area contributed by atoms with Gasteiger partial charge in [0.25, 0.3) is 0 Å². The molecule has 0 saturated carbocycles. The first-order valence-corrected chi connectivity index (χ1v) is 9.06. The van der Waals surface area contributed by atoms with Gasteiger partial charge in [-0.05, 0) is 91.1 Å². The minimum Gasteiger partial charge on any atom is -0.0578 e. The fourth-order valence-electron chi connectivity index (χ4n) is 5.61. The van der Waals surface area contributed by atoms with Gasteiger partial charge in [-0.3, -0.25) is 0 Å². The molecule has 112 valence electrons. The third kappa shape index (κ3) is 1.16. The number of fused-ring (bicyclic) bond motifs is 2. The summed E-state index contributed by atoms with van der Waals surface area (Å²) in [5.41, 5.74) is 9.17. The predicted molar refractivity (Wildman–Crippen MR) is 102 cm³/mol. The molecule has 3 aromatic carbocycles. The van der Waals surface area contributed by atoms with Gasteiger partial charge < -0.3 is 0 Å². The summed E-state index contributed by atoms with van der Waals surface area (Å²) in [6.45, 7) is 0. The van der Waals surface area contributed by atoms with Crippen LogP contribution in [-0.2, 0) is 12.8 Å². The maximum absolute atomic E-state index is 2.40. The van der Waals surface area contributed by atoms with Crippen molar-refractivity contribution in [2.45, 2.75) is 25.7 Å². The third-order valence-corrected chi connectivity index (χ3v) is 6.59. The molecule has 0 radical (unpaired) electrons. The molecule has 0 aromatic heterocycles. The monoisotopic (exact) mass is 304 g/mol. The van der Waals surface area contributed by atoms with Crippen LogP contribution in [0.4, 0.5) is 0 Å². The fourth-order valence-corrected chi connectivity index (χ4v) is 5.61. The SMILES string of the molecule is C1=Cc2ccc3c4c5c6c(ccc5c5c3c2=C1CC5)C=CC=6CC4. The van der Waals surface area contributed by atoms with Crippen LogP contribution in [0.25, 0.3) is 44.8 Å². The second-order valence-corrected chi connectivity index (χ2v) is 7.58. The van der Waals surface area contributed by atoms with Crippen LogP contribution in [0.3, 0.4) is 0 Å². The molecule has 3 aromatic rings. The Balaban J connectivity index is 1.88. The Morgan fingerprint density at radius 1 is 0.500 bits per heavy atom. The van der Waals surface area contributed by atoms with Crippen molar-refractivity contribution in [3.8, 4) is 0 Å². The normalized spacial score (nSPS) is 18.5. The van der Waals surface area contributed by atoms with Gasteiger partial charge in [0.1, 0.15) is 0 Å². The van der Waals surface area contributed by atoms with Crippen LogP contribution < -0.4 is 10.4 Å². The van der Waals surface area contributed by atoms with Gasteiger partial charge >= 0.3 is 0 Å². The minimum absolute atomic E-state index is 1.19. The molecule has 0 heteroatoms. The zero-order valence-corrected chi connectivity index (χ0v) is 13.4. The highest BCUT2D eigenvalue weighted by molar-refractivity contribution is 6.11. The molecule has 0 atom stereocenters. The molecule has 0 nitrogen and oxygen atoms in total. The zero-order valence-electron chi connectivity index (χ0n) is 13.4. The summed E-state index contributed by atoms with van der Waals surface area (Å²) in [5, 5.41) is 9.26. The minimum atomic E-state index is 1.19. The van der Waals surface area contributed by atoms with Crippen LogP contribution >= 0.6 is 0 Å². The highest BCUT2D eigenvalue weighted by Gasteiger charge is 2.25. The summed E-state index contributed by atoms with van der Waals surface area (Å²) < 4.78 is 0. The van der Waals surface area contributed by atoms with Gasteiger partial charge in [0.2, 0.25) is 0 Å². The van der Waals surface area contributed by atoms with Crippen molar-refractivity contribution < 1.29 is 0 Å². The highest BCUT2D eigenvalue weighted by atomic mass is 14.3. The van der Waals surface area contributed by atoms with Gasteiger partial charge in [0, 0.05) is 0 Å². The van der Waals surface area contributed by atoms with E-state index >= 15 is 0 Å². The lowest BCUT2D eigenvalue weighted by Crippen LogP contribution is -2.20. The van der Waals surface area contributed by atoms with Gasteiger partial charge in [0.15, 0.2) is 0 Å². The summed E-state index contributed by atoms with van der Waals surface area (Å²) in [7, 11) is 0. The number of hydrogen-bond donors (Lipinski definition) is 0. The van der Waals surface area contributed by atoms with Crippen LogP contribution in [0.15, 0.2) is 36.4 Å². The average Bonchev–Trinajstić information content (AvgIpc) is 3.24. The second-order valence-electron chi connectivity index (χ2n) is 7.58.